The molecule has 1 aliphatic heterocycles. The first kappa shape index (κ1) is 13.1. The minimum atomic E-state index is -0.684. The third kappa shape index (κ3) is 3.42. The zero-order chi connectivity index (χ0) is 6.91. The van der Waals surface area contributed by atoms with Gasteiger partial charge in [0.15, 0.2) is 0 Å². The Morgan fingerprint density at radius 2 is 2.00 bits per heavy atom. The van der Waals surface area contributed by atoms with Crippen LogP contribution in [0, 0.1) is 0 Å². The molecule has 0 aromatic carbocycles. The molecule has 0 bridgehead atoms. The lowest BCUT2D eigenvalue weighted by molar-refractivity contribution is 0.117. The van der Waals surface area contributed by atoms with Gasteiger partial charge in [-0.25, -0.2) is 0 Å². The maximum atomic E-state index is 9.37. The molecule has 0 radical (unpaired) electrons. The summed E-state index contributed by atoms with van der Waals surface area (Å²) >= 11 is 0. The molecule has 0 saturated heterocycles. The van der Waals surface area contributed by atoms with Gasteiger partial charge in [0.1, 0.15) is 0 Å². The molecule has 0 atom stereocenters. The van der Waals surface area contributed by atoms with E-state index in [1.807, 2.05) is 0 Å². The van der Waals surface area contributed by atoms with E-state index < -0.39 is 5.60 Å². The van der Waals surface area contributed by atoms with Crippen LogP contribution in [0.1, 0.15) is 35.1 Å². The van der Waals surface area contributed by atoms with Crippen molar-refractivity contribution in [1.29, 1.82) is 0 Å². The van der Waals surface area contributed by atoms with Crippen molar-refractivity contribution in [2.75, 3.05) is 6.61 Å². The summed E-state index contributed by atoms with van der Waals surface area (Å²) in [4.78, 5) is 0. The first-order valence-corrected chi connectivity index (χ1v) is 3.14. The molecule has 0 unspecified atom stereocenters. The van der Waals surface area contributed by atoms with Gasteiger partial charge in [0.25, 0.3) is 0 Å². The summed E-state index contributed by atoms with van der Waals surface area (Å²) in [6.07, 6.45) is 2.52. The van der Waals surface area contributed by atoms with E-state index in [9.17, 15) is 5.11 Å². The van der Waals surface area contributed by atoms with Crippen molar-refractivity contribution < 1.29 is 9.84 Å². The number of hydrogen-bond donors (Lipinski definition) is 1. The Hall–Kier alpha value is -0.500. The van der Waals surface area contributed by atoms with Gasteiger partial charge in [0.2, 0.25) is 0 Å². The van der Waals surface area contributed by atoms with Crippen molar-refractivity contribution in [3.63, 3.8) is 0 Å². The van der Waals surface area contributed by atoms with Gasteiger partial charge in [0.05, 0.1) is 18.5 Å². The Labute approximate surface area is 69.9 Å². The van der Waals surface area contributed by atoms with Crippen LogP contribution < -0.4 is 0 Å². The largest absolute Gasteiger partial charge is 0.501 e. The first-order valence-electron chi connectivity index (χ1n) is 3.14. The van der Waals surface area contributed by atoms with Crippen LogP contribution in [0.2, 0.25) is 0 Å². The summed E-state index contributed by atoms with van der Waals surface area (Å²) in [5.41, 5.74) is 0.304. The van der Waals surface area contributed by atoms with Gasteiger partial charge in [0, 0.05) is 6.42 Å². The molecule has 2 nitrogen and oxygen atoms in total. The standard InChI is InChI=1S/C7H12O2.2CH4/c1-7(2,8)6-3-4-9-5-6;;/h5,8H,3-4H2,1-2H3;2*1H4. The van der Waals surface area contributed by atoms with E-state index in [1.54, 1.807) is 20.1 Å². The number of rotatable bonds is 1. The predicted octanol–water partition coefficient (Wildman–Crippen LogP) is 2.33. The number of hydrogen-bond acceptors (Lipinski definition) is 2. The maximum Gasteiger partial charge on any atom is 0.0912 e. The van der Waals surface area contributed by atoms with Crippen molar-refractivity contribution in [3.8, 4) is 0 Å². The monoisotopic (exact) mass is 160 g/mol. The second-order valence-corrected chi connectivity index (χ2v) is 2.82. The molecule has 0 aromatic heterocycles. The topological polar surface area (TPSA) is 29.5 Å². The molecule has 0 aliphatic carbocycles. The van der Waals surface area contributed by atoms with Crippen LogP contribution in [-0.4, -0.2) is 17.3 Å². The van der Waals surface area contributed by atoms with Crippen LogP contribution in [0.25, 0.3) is 0 Å². The predicted molar refractivity (Wildman–Crippen MR) is 48.4 cm³/mol. The highest BCUT2D eigenvalue weighted by molar-refractivity contribution is 5.13. The fourth-order valence-electron chi connectivity index (χ4n) is 0.837. The van der Waals surface area contributed by atoms with E-state index >= 15 is 0 Å². The third-order valence-electron chi connectivity index (χ3n) is 1.50. The van der Waals surface area contributed by atoms with Crippen LogP contribution in [-0.2, 0) is 4.74 Å². The van der Waals surface area contributed by atoms with Crippen LogP contribution in [0.5, 0.6) is 0 Å². The number of aliphatic hydroxyl groups is 1. The molecule has 1 heterocycles. The second kappa shape index (κ2) is 4.39. The summed E-state index contributed by atoms with van der Waals surface area (Å²) in [5, 5.41) is 9.37. The molecule has 0 spiro atoms. The fourth-order valence-corrected chi connectivity index (χ4v) is 0.837. The van der Waals surface area contributed by atoms with E-state index in [0.29, 0.717) is 0 Å². The van der Waals surface area contributed by atoms with Crippen molar-refractivity contribution in [3.05, 3.63) is 11.8 Å². The van der Waals surface area contributed by atoms with Gasteiger partial charge in [-0.3, -0.25) is 0 Å². The van der Waals surface area contributed by atoms with Gasteiger partial charge in [-0.15, -0.1) is 0 Å². The molecule has 0 saturated carbocycles. The molecule has 1 rings (SSSR count). The van der Waals surface area contributed by atoms with Crippen molar-refractivity contribution in [2.45, 2.75) is 40.7 Å². The van der Waals surface area contributed by atoms with Crippen LogP contribution in [0.3, 0.4) is 0 Å². The van der Waals surface area contributed by atoms with Crippen LogP contribution in [0.15, 0.2) is 11.8 Å². The quantitative estimate of drug-likeness (QED) is 0.638. The van der Waals surface area contributed by atoms with Crippen molar-refractivity contribution >= 4 is 0 Å². The lowest BCUT2D eigenvalue weighted by atomic mass is 9.98. The van der Waals surface area contributed by atoms with Gasteiger partial charge in [-0.05, 0) is 19.4 Å². The van der Waals surface area contributed by atoms with E-state index in [0.717, 1.165) is 18.6 Å². The lowest BCUT2D eigenvalue weighted by Crippen LogP contribution is -2.20. The molecule has 0 aromatic rings. The Morgan fingerprint density at radius 1 is 1.45 bits per heavy atom. The van der Waals surface area contributed by atoms with Crippen molar-refractivity contribution in [2.24, 2.45) is 0 Å². The normalized spacial score (nSPS) is 15.7. The Balaban J connectivity index is 0. The highest BCUT2D eigenvalue weighted by atomic mass is 16.5. The molecule has 1 N–H and O–H groups in total. The summed E-state index contributed by atoms with van der Waals surface area (Å²) in [7, 11) is 0. The van der Waals surface area contributed by atoms with Crippen LogP contribution in [0.4, 0.5) is 0 Å². The zero-order valence-corrected chi connectivity index (χ0v) is 5.85. The van der Waals surface area contributed by atoms with Crippen molar-refractivity contribution in [1.82, 2.24) is 0 Å². The molecule has 0 amide bonds. The average molecular weight is 160 g/mol. The minimum Gasteiger partial charge on any atom is -0.501 e. The van der Waals surface area contributed by atoms with E-state index in [2.05, 4.69) is 0 Å². The van der Waals surface area contributed by atoms with Crippen LogP contribution >= 0.6 is 0 Å². The molecular weight excluding hydrogens is 140 g/mol. The Kier molecular flexibility index (Phi) is 5.24. The molecule has 0 fully saturated rings. The highest BCUT2D eigenvalue weighted by Crippen LogP contribution is 2.22. The van der Waals surface area contributed by atoms with E-state index in [-0.39, 0.29) is 14.9 Å². The smallest absolute Gasteiger partial charge is 0.0912 e. The van der Waals surface area contributed by atoms with Gasteiger partial charge in [-0.2, -0.15) is 0 Å². The summed E-state index contributed by atoms with van der Waals surface area (Å²) < 4.78 is 4.96. The first-order chi connectivity index (χ1) is 4.11. The average Bonchev–Trinajstić information content (AvgIpc) is 2.08. The SMILES string of the molecule is C.C.CC(C)(O)C1=COCC1. The number of ether oxygens (including phenoxy) is 1. The zero-order valence-electron chi connectivity index (χ0n) is 5.85. The summed E-state index contributed by atoms with van der Waals surface area (Å²) in [5.74, 6) is 0. The Morgan fingerprint density at radius 3 is 2.18 bits per heavy atom. The Bertz CT molecular complexity index is 131. The second-order valence-electron chi connectivity index (χ2n) is 2.82. The van der Waals surface area contributed by atoms with E-state index in [4.69, 9.17) is 4.74 Å². The minimum absolute atomic E-state index is 0. The highest BCUT2D eigenvalue weighted by Gasteiger charge is 2.22. The van der Waals surface area contributed by atoms with Gasteiger partial charge >= 0.3 is 0 Å². The summed E-state index contributed by atoms with van der Waals surface area (Å²) in [6.45, 7) is 4.26. The molecule has 68 valence electrons. The molecule has 1 aliphatic rings. The molecule has 2 heteroatoms. The maximum absolute atomic E-state index is 9.37. The summed E-state index contributed by atoms with van der Waals surface area (Å²) in [6, 6.07) is 0. The van der Waals surface area contributed by atoms with Gasteiger partial charge < -0.3 is 9.84 Å². The van der Waals surface area contributed by atoms with E-state index in [1.165, 1.54) is 0 Å². The lowest BCUT2D eigenvalue weighted by Gasteiger charge is -2.16. The third-order valence-corrected chi connectivity index (χ3v) is 1.50. The van der Waals surface area contributed by atoms with Gasteiger partial charge in [-0.1, -0.05) is 14.9 Å². The fraction of sp³-hybridized carbons (Fsp3) is 0.778. The molecule has 11 heavy (non-hydrogen) atoms. The molecular formula is C9H20O2.